The maximum absolute atomic E-state index is 13.6. The summed E-state index contributed by atoms with van der Waals surface area (Å²) in [4.78, 5) is 4.68. The summed E-state index contributed by atoms with van der Waals surface area (Å²) in [5, 5.41) is 0. The molecule has 1 aliphatic rings. The number of rotatable bonds is 10. The summed E-state index contributed by atoms with van der Waals surface area (Å²) in [7, 11) is -0.575. The van der Waals surface area contributed by atoms with E-state index in [-0.39, 0.29) is 24.1 Å². The van der Waals surface area contributed by atoms with Gasteiger partial charge in [0.25, 0.3) is 0 Å². The SMILES string of the molecule is COc1ccc(Cn2ccnc2CN(CC2CCCO2)S(=O)(=O)c2ccc(OC)cc2)cc1. The average molecular weight is 472 g/mol. The van der Waals surface area contributed by atoms with Crippen LogP contribution >= 0.6 is 0 Å². The highest BCUT2D eigenvalue weighted by molar-refractivity contribution is 7.89. The first-order chi connectivity index (χ1) is 16.0. The normalized spacial score (nSPS) is 16.3. The van der Waals surface area contributed by atoms with E-state index in [2.05, 4.69) is 4.98 Å². The predicted octanol–water partition coefficient (Wildman–Crippen LogP) is 3.32. The Balaban J connectivity index is 1.58. The molecule has 1 aromatic heterocycles. The molecule has 33 heavy (non-hydrogen) atoms. The van der Waals surface area contributed by atoms with Crippen molar-refractivity contribution in [1.82, 2.24) is 13.9 Å². The second kappa shape index (κ2) is 10.4. The van der Waals surface area contributed by atoms with Crippen LogP contribution in [0.1, 0.15) is 24.2 Å². The number of ether oxygens (including phenoxy) is 3. The van der Waals surface area contributed by atoms with Gasteiger partial charge >= 0.3 is 0 Å². The van der Waals surface area contributed by atoms with Crippen LogP contribution in [0, 0.1) is 0 Å². The molecule has 2 heterocycles. The molecular formula is C24H29N3O5S. The number of hydrogen-bond acceptors (Lipinski definition) is 6. The van der Waals surface area contributed by atoms with Crippen molar-refractivity contribution in [2.24, 2.45) is 0 Å². The highest BCUT2D eigenvalue weighted by Crippen LogP contribution is 2.24. The second-order valence-electron chi connectivity index (χ2n) is 7.93. The molecular weight excluding hydrogens is 442 g/mol. The lowest BCUT2D eigenvalue weighted by Crippen LogP contribution is -2.37. The van der Waals surface area contributed by atoms with Gasteiger partial charge in [-0.25, -0.2) is 13.4 Å². The van der Waals surface area contributed by atoms with E-state index in [1.807, 2.05) is 35.0 Å². The van der Waals surface area contributed by atoms with Gasteiger partial charge in [-0.1, -0.05) is 12.1 Å². The van der Waals surface area contributed by atoms with Crippen molar-refractivity contribution in [2.45, 2.75) is 36.9 Å². The van der Waals surface area contributed by atoms with Gasteiger partial charge in [0.05, 0.1) is 31.8 Å². The number of imidazole rings is 1. The van der Waals surface area contributed by atoms with Gasteiger partial charge in [-0.3, -0.25) is 0 Å². The summed E-state index contributed by atoms with van der Waals surface area (Å²) in [6.07, 6.45) is 5.22. The Labute approximate surface area is 194 Å². The van der Waals surface area contributed by atoms with Crippen molar-refractivity contribution < 1.29 is 22.6 Å². The van der Waals surface area contributed by atoms with Crippen LogP contribution in [0.2, 0.25) is 0 Å². The summed E-state index contributed by atoms with van der Waals surface area (Å²) in [5.41, 5.74) is 1.07. The van der Waals surface area contributed by atoms with Crippen LogP contribution in [-0.2, 0) is 27.8 Å². The average Bonchev–Trinajstić information content (AvgIpc) is 3.51. The zero-order valence-electron chi connectivity index (χ0n) is 18.9. The Hall–Kier alpha value is -2.88. The fraction of sp³-hybridized carbons (Fsp3) is 0.375. The van der Waals surface area contributed by atoms with E-state index < -0.39 is 10.0 Å². The Kier molecular flexibility index (Phi) is 7.32. The van der Waals surface area contributed by atoms with Crippen LogP contribution in [0.25, 0.3) is 0 Å². The third-order valence-corrected chi connectivity index (χ3v) is 7.59. The zero-order valence-corrected chi connectivity index (χ0v) is 19.7. The van der Waals surface area contributed by atoms with Crippen LogP contribution in [0.3, 0.4) is 0 Å². The van der Waals surface area contributed by atoms with Crippen molar-refractivity contribution in [1.29, 1.82) is 0 Å². The number of benzene rings is 2. The molecule has 3 aromatic rings. The molecule has 0 radical (unpaired) electrons. The summed E-state index contributed by atoms with van der Waals surface area (Å²) in [5.74, 6) is 2.06. The monoisotopic (exact) mass is 471 g/mol. The molecule has 0 amide bonds. The molecule has 2 aromatic carbocycles. The molecule has 0 spiro atoms. The van der Waals surface area contributed by atoms with Crippen LogP contribution < -0.4 is 9.47 Å². The minimum atomic E-state index is -3.76. The first kappa shape index (κ1) is 23.3. The summed E-state index contributed by atoms with van der Waals surface area (Å²) in [6, 6.07) is 14.2. The molecule has 176 valence electrons. The van der Waals surface area contributed by atoms with Gasteiger partial charge in [0.15, 0.2) is 0 Å². The van der Waals surface area contributed by atoms with Crippen LogP contribution in [0.5, 0.6) is 11.5 Å². The van der Waals surface area contributed by atoms with Gasteiger partial charge in [-0.05, 0) is 54.8 Å². The van der Waals surface area contributed by atoms with Gasteiger partial charge < -0.3 is 18.8 Å². The molecule has 0 bridgehead atoms. The minimum Gasteiger partial charge on any atom is -0.497 e. The van der Waals surface area contributed by atoms with E-state index in [1.54, 1.807) is 44.7 Å². The maximum atomic E-state index is 13.6. The molecule has 1 unspecified atom stereocenters. The van der Waals surface area contributed by atoms with E-state index in [0.29, 0.717) is 24.7 Å². The summed E-state index contributed by atoms with van der Waals surface area (Å²) in [6.45, 7) is 1.67. The number of sulfonamides is 1. The topological polar surface area (TPSA) is 82.9 Å². The van der Waals surface area contributed by atoms with Gasteiger partial charge in [-0.2, -0.15) is 4.31 Å². The van der Waals surface area contributed by atoms with Gasteiger partial charge in [0.2, 0.25) is 10.0 Å². The standard InChI is InChI=1S/C24H29N3O5S/c1-30-20-7-5-19(6-8-20)16-26-14-13-25-24(26)18-27(17-22-4-3-15-32-22)33(28,29)23-11-9-21(31-2)10-12-23/h5-14,22H,3-4,15-18H2,1-2H3. The van der Waals surface area contributed by atoms with Gasteiger partial charge in [0.1, 0.15) is 17.3 Å². The molecule has 1 aliphatic heterocycles. The van der Waals surface area contributed by atoms with E-state index >= 15 is 0 Å². The van der Waals surface area contributed by atoms with Gasteiger partial charge in [-0.15, -0.1) is 0 Å². The van der Waals surface area contributed by atoms with Crippen molar-refractivity contribution >= 4 is 10.0 Å². The summed E-state index contributed by atoms with van der Waals surface area (Å²) >= 11 is 0. The summed E-state index contributed by atoms with van der Waals surface area (Å²) < 4.78 is 46.7. The highest BCUT2D eigenvalue weighted by atomic mass is 32.2. The van der Waals surface area contributed by atoms with Crippen LogP contribution in [0.15, 0.2) is 65.8 Å². The minimum absolute atomic E-state index is 0.122. The molecule has 0 N–H and O–H groups in total. The third-order valence-electron chi connectivity index (χ3n) is 5.76. The predicted molar refractivity (Wildman–Crippen MR) is 124 cm³/mol. The van der Waals surface area contributed by atoms with Crippen molar-refractivity contribution in [3.05, 3.63) is 72.3 Å². The highest BCUT2D eigenvalue weighted by Gasteiger charge is 2.30. The van der Waals surface area contributed by atoms with Crippen LogP contribution in [0.4, 0.5) is 0 Å². The molecule has 0 aliphatic carbocycles. The smallest absolute Gasteiger partial charge is 0.243 e. The molecule has 8 nitrogen and oxygen atoms in total. The molecule has 1 atom stereocenters. The Morgan fingerprint density at radius 1 is 1.06 bits per heavy atom. The third kappa shape index (κ3) is 5.55. The lowest BCUT2D eigenvalue weighted by atomic mass is 10.2. The Bertz CT molecular complexity index is 1140. The second-order valence-corrected chi connectivity index (χ2v) is 9.87. The molecule has 4 rings (SSSR count). The largest absolute Gasteiger partial charge is 0.497 e. The fourth-order valence-corrected chi connectivity index (χ4v) is 5.31. The van der Waals surface area contributed by atoms with E-state index in [0.717, 1.165) is 24.2 Å². The quantitative estimate of drug-likeness (QED) is 0.451. The fourth-order valence-electron chi connectivity index (χ4n) is 3.88. The molecule has 0 saturated carbocycles. The van der Waals surface area contributed by atoms with Crippen molar-refractivity contribution in [3.8, 4) is 11.5 Å². The van der Waals surface area contributed by atoms with E-state index in [4.69, 9.17) is 14.2 Å². The maximum Gasteiger partial charge on any atom is 0.243 e. The lowest BCUT2D eigenvalue weighted by molar-refractivity contribution is 0.0920. The van der Waals surface area contributed by atoms with Crippen molar-refractivity contribution in [2.75, 3.05) is 27.4 Å². The van der Waals surface area contributed by atoms with Crippen molar-refractivity contribution in [3.63, 3.8) is 0 Å². The Morgan fingerprint density at radius 2 is 1.73 bits per heavy atom. The first-order valence-electron chi connectivity index (χ1n) is 10.9. The molecule has 1 saturated heterocycles. The number of methoxy groups -OCH3 is 2. The number of nitrogens with zero attached hydrogens (tertiary/aromatic N) is 3. The van der Waals surface area contributed by atoms with Gasteiger partial charge in [0, 0.05) is 32.1 Å². The van der Waals surface area contributed by atoms with E-state index in [1.165, 1.54) is 4.31 Å². The number of aromatic nitrogens is 2. The Morgan fingerprint density at radius 3 is 2.33 bits per heavy atom. The van der Waals surface area contributed by atoms with Crippen LogP contribution in [-0.4, -0.2) is 55.7 Å². The molecule has 1 fully saturated rings. The molecule has 9 heteroatoms. The lowest BCUT2D eigenvalue weighted by Gasteiger charge is -2.25. The zero-order chi connectivity index (χ0) is 23.3. The first-order valence-corrected chi connectivity index (χ1v) is 12.3. The van der Waals surface area contributed by atoms with E-state index in [9.17, 15) is 8.42 Å². The number of hydrogen-bond donors (Lipinski definition) is 0.